The first kappa shape index (κ1) is 15.4. The number of thiazole rings is 1. The summed E-state index contributed by atoms with van der Waals surface area (Å²) in [6.07, 6.45) is 1.82. The van der Waals surface area contributed by atoms with Gasteiger partial charge < -0.3 is 15.2 Å². The van der Waals surface area contributed by atoms with Crippen LogP contribution in [0.1, 0.15) is 12.0 Å². The van der Waals surface area contributed by atoms with Crippen LogP contribution in [0.15, 0.2) is 42.6 Å². The predicted octanol–water partition coefficient (Wildman–Crippen LogP) is 3.05. The largest absolute Gasteiger partial charge is 0.481 e. The molecular formula is C16H15N3O3S. The average molecular weight is 329 g/mol. The normalized spacial score (nSPS) is 10.8. The molecule has 0 bridgehead atoms. The zero-order valence-electron chi connectivity index (χ0n) is 12.2. The number of carboxylic acids is 1. The third kappa shape index (κ3) is 4.24. The highest BCUT2D eigenvalue weighted by molar-refractivity contribution is 7.20. The molecule has 1 aromatic carbocycles. The SMILES string of the molecule is O=C(O)CCNCc1ccc(Oc2nc3ncccc3s2)cc1. The van der Waals surface area contributed by atoms with Crippen molar-refractivity contribution in [2.75, 3.05) is 6.54 Å². The van der Waals surface area contributed by atoms with Crippen molar-refractivity contribution in [2.45, 2.75) is 13.0 Å². The molecule has 2 aromatic heterocycles. The number of pyridine rings is 1. The van der Waals surface area contributed by atoms with Crippen LogP contribution in [0.3, 0.4) is 0 Å². The van der Waals surface area contributed by atoms with Gasteiger partial charge in [0.1, 0.15) is 5.75 Å². The zero-order chi connectivity index (χ0) is 16.1. The van der Waals surface area contributed by atoms with Gasteiger partial charge in [-0.05, 0) is 29.8 Å². The number of carbonyl (C=O) groups is 1. The van der Waals surface area contributed by atoms with Crippen LogP contribution in [0.4, 0.5) is 0 Å². The van der Waals surface area contributed by atoms with Crippen molar-refractivity contribution in [3.63, 3.8) is 0 Å². The maximum atomic E-state index is 10.4. The van der Waals surface area contributed by atoms with E-state index in [2.05, 4.69) is 15.3 Å². The van der Waals surface area contributed by atoms with Crippen LogP contribution in [-0.2, 0) is 11.3 Å². The standard InChI is InChI=1S/C16H15N3O3S/c20-14(21)7-9-17-10-11-3-5-12(6-4-11)22-16-19-15-13(23-16)2-1-8-18-15/h1-6,8,17H,7,9-10H2,(H,20,21). The molecule has 3 rings (SSSR count). The summed E-state index contributed by atoms with van der Waals surface area (Å²) in [5, 5.41) is 12.2. The Morgan fingerprint density at radius 2 is 2.09 bits per heavy atom. The van der Waals surface area contributed by atoms with Crippen LogP contribution in [0.5, 0.6) is 10.9 Å². The van der Waals surface area contributed by atoms with Gasteiger partial charge in [0, 0.05) is 19.3 Å². The Labute approximate surface area is 136 Å². The Balaban J connectivity index is 1.57. The summed E-state index contributed by atoms with van der Waals surface area (Å²) >= 11 is 1.45. The van der Waals surface area contributed by atoms with Gasteiger partial charge in [0.2, 0.25) is 0 Å². The number of nitrogens with one attached hydrogen (secondary N) is 1. The Kier molecular flexibility index (Phi) is 4.80. The summed E-state index contributed by atoms with van der Waals surface area (Å²) in [7, 11) is 0. The van der Waals surface area contributed by atoms with Gasteiger partial charge in [-0.25, -0.2) is 4.98 Å². The van der Waals surface area contributed by atoms with Gasteiger partial charge >= 0.3 is 5.97 Å². The van der Waals surface area contributed by atoms with Crippen LogP contribution in [-0.4, -0.2) is 27.6 Å². The summed E-state index contributed by atoms with van der Waals surface area (Å²) in [6, 6.07) is 11.4. The van der Waals surface area contributed by atoms with E-state index in [9.17, 15) is 4.79 Å². The van der Waals surface area contributed by atoms with Crippen LogP contribution in [0.25, 0.3) is 10.3 Å². The van der Waals surface area contributed by atoms with Crippen LogP contribution >= 0.6 is 11.3 Å². The summed E-state index contributed by atoms with van der Waals surface area (Å²) in [5.41, 5.74) is 1.75. The lowest BCUT2D eigenvalue weighted by atomic mass is 10.2. The second-order valence-corrected chi connectivity index (χ2v) is 5.86. The van der Waals surface area contributed by atoms with Crippen molar-refractivity contribution in [1.29, 1.82) is 0 Å². The molecule has 0 fully saturated rings. The van der Waals surface area contributed by atoms with E-state index in [0.717, 1.165) is 10.3 Å². The fourth-order valence-corrected chi connectivity index (χ4v) is 2.79. The molecule has 0 aliphatic carbocycles. The Morgan fingerprint density at radius 1 is 1.26 bits per heavy atom. The first-order valence-corrected chi connectivity index (χ1v) is 7.93. The Morgan fingerprint density at radius 3 is 2.83 bits per heavy atom. The number of nitrogens with zero attached hydrogens (tertiary/aromatic N) is 2. The first-order chi connectivity index (χ1) is 11.2. The van der Waals surface area contributed by atoms with E-state index >= 15 is 0 Å². The fraction of sp³-hybridized carbons (Fsp3) is 0.188. The van der Waals surface area contributed by atoms with Crippen molar-refractivity contribution >= 4 is 27.7 Å². The van der Waals surface area contributed by atoms with Crippen LogP contribution in [0.2, 0.25) is 0 Å². The average Bonchev–Trinajstić information content (AvgIpc) is 2.95. The molecule has 0 saturated heterocycles. The molecule has 0 aliphatic heterocycles. The van der Waals surface area contributed by atoms with E-state index in [1.54, 1.807) is 6.20 Å². The van der Waals surface area contributed by atoms with Crippen molar-refractivity contribution in [2.24, 2.45) is 0 Å². The van der Waals surface area contributed by atoms with E-state index < -0.39 is 5.97 Å². The smallest absolute Gasteiger partial charge is 0.304 e. The molecule has 7 heteroatoms. The van der Waals surface area contributed by atoms with Crippen molar-refractivity contribution < 1.29 is 14.6 Å². The lowest BCUT2D eigenvalue weighted by Crippen LogP contribution is -2.17. The summed E-state index contributed by atoms with van der Waals surface area (Å²) in [4.78, 5) is 18.9. The lowest BCUT2D eigenvalue weighted by Gasteiger charge is -2.05. The number of hydrogen-bond acceptors (Lipinski definition) is 6. The number of carboxylic acid groups (broad SMARTS) is 1. The molecule has 0 saturated carbocycles. The minimum absolute atomic E-state index is 0.118. The fourth-order valence-electron chi connectivity index (χ4n) is 2.00. The quantitative estimate of drug-likeness (QED) is 0.648. The number of fused-ring (bicyclic) bond motifs is 1. The second kappa shape index (κ2) is 7.17. The third-order valence-corrected chi connectivity index (χ3v) is 4.01. The van der Waals surface area contributed by atoms with E-state index in [-0.39, 0.29) is 6.42 Å². The number of aromatic nitrogens is 2. The van der Waals surface area contributed by atoms with E-state index in [4.69, 9.17) is 9.84 Å². The molecule has 0 unspecified atom stereocenters. The highest BCUT2D eigenvalue weighted by Crippen LogP contribution is 2.30. The number of rotatable bonds is 7. The highest BCUT2D eigenvalue weighted by Gasteiger charge is 2.06. The monoisotopic (exact) mass is 329 g/mol. The van der Waals surface area contributed by atoms with E-state index in [1.165, 1.54) is 11.3 Å². The van der Waals surface area contributed by atoms with Crippen molar-refractivity contribution in [1.82, 2.24) is 15.3 Å². The second-order valence-electron chi connectivity index (χ2n) is 4.87. The van der Waals surface area contributed by atoms with E-state index in [0.29, 0.717) is 29.7 Å². The molecule has 0 aliphatic rings. The van der Waals surface area contributed by atoms with Gasteiger partial charge in [0.25, 0.3) is 5.19 Å². The Hall–Kier alpha value is -2.51. The molecule has 3 aromatic rings. The summed E-state index contributed by atoms with van der Waals surface area (Å²) in [6.45, 7) is 1.07. The van der Waals surface area contributed by atoms with Crippen LogP contribution in [0, 0.1) is 0 Å². The molecule has 0 radical (unpaired) electrons. The first-order valence-electron chi connectivity index (χ1n) is 7.11. The van der Waals surface area contributed by atoms with Gasteiger partial charge in [0.15, 0.2) is 5.65 Å². The number of ether oxygens (including phenoxy) is 1. The van der Waals surface area contributed by atoms with Crippen molar-refractivity contribution in [3.8, 4) is 10.9 Å². The molecule has 118 valence electrons. The topological polar surface area (TPSA) is 84.3 Å². The van der Waals surface area contributed by atoms with Gasteiger partial charge in [-0.3, -0.25) is 4.79 Å². The minimum atomic E-state index is -0.799. The molecule has 0 amide bonds. The number of aliphatic carboxylic acids is 1. The van der Waals surface area contributed by atoms with Crippen LogP contribution < -0.4 is 10.1 Å². The molecule has 0 atom stereocenters. The zero-order valence-corrected chi connectivity index (χ0v) is 13.0. The number of benzene rings is 1. The molecule has 6 nitrogen and oxygen atoms in total. The predicted molar refractivity (Wildman–Crippen MR) is 87.9 cm³/mol. The third-order valence-electron chi connectivity index (χ3n) is 3.12. The number of hydrogen-bond donors (Lipinski definition) is 2. The summed E-state index contributed by atoms with van der Waals surface area (Å²) < 4.78 is 6.73. The molecule has 0 spiro atoms. The Bertz CT molecular complexity index is 769. The molecular weight excluding hydrogens is 314 g/mol. The minimum Gasteiger partial charge on any atom is -0.481 e. The highest BCUT2D eigenvalue weighted by atomic mass is 32.1. The molecule has 2 N–H and O–H groups in total. The molecule has 2 heterocycles. The lowest BCUT2D eigenvalue weighted by molar-refractivity contribution is -0.136. The van der Waals surface area contributed by atoms with Crippen molar-refractivity contribution in [3.05, 3.63) is 48.2 Å². The van der Waals surface area contributed by atoms with Gasteiger partial charge in [0.05, 0.1) is 11.1 Å². The maximum Gasteiger partial charge on any atom is 0.304 e. The summed E-state index contributed by atoms with van der Waals surface area (Å²) in [5.74, 6) is -0.0927. The molecule has 23 heavy (non-hydrogen) atoms. The maximum absolute atomic E-state index is 10.4. The van der Waals surface area contributed by atoms with E-state index in [1.807, 2.05) is 36.4 Å². The van der Waals surface area contributed by atoms with Gasteiger partial charge in [-0.15, -0.1) is 0 Å². The van der Waals surface area contributed by atoms with Gasteiger partial charge in [-0.1, -0.05) is 23.5 Å². The van der Waals surface area contributed by atoms with Gasteiger partial charge in [-0.2, -0.15) is 4.98 Å².